The number of anilines is 1. The molecule has 0 aliphatic heterocycles. The highest BCUT2D eigenvalue weighted by Crippen LogP contribution is 2.32. The summed E-state index contributed by atoms with van der Waals surface area (Å²) in [7, 11) is 0. The van der Waals surface area contributed by atoms with E-state index in [-0.39, 0.29) is 19.2 Å². The molecule has 2 heterocycles. The van der Waals surface area contributed by atoms with E-state index in [1.165, 1.54) is 6.33 Å². The van der Waals surface area contributed by atoms with E-state index in [0.29, 0.717) is 17.3 Å². The van der Waals surface area contributed by atoms with Crippen LogP contribution >= 0.6 is 15.9 Å². The summed E-state index contributed by atoms with van der Waals surface area (Å²) in [6.45, 7) is 2.57. The van der Waals surface area contributed by atoms with Gasteiger partial charge in [0, 0.05) is 12.4 Å². The fourth-order valence-corrected chi connectivity index (χ4v) is 2.33. The summed E-state index contributed by atoms with van der Waals surface area (Å²) in [5.74, 6) is 0.780. The maximum atomic E-state index is 6.01. The van der Waals surface area contributed by atoms with Gasteiger partial charge in [0.25, 0.3) is 0 Å². The van der Waals surface area contributed by atoms with Gasteiger partial charge in [-0.25, -0.2) is 19.9 Å². The van der Waals surface area contributed by atoms with Crippen LogP contribution in [0.3, 0.4) is 0 Å². The molecular formula is C17H16BrN5O2. The van der Waals surface area contributed by atoms with Gasteiger partial charge in [-0.15, -0.1) is 0 Å². The van der Waals surface area contributed by atoms with Crippen molar-refractivity contribution in [2.45, 2.75) is 6.92 Å². The van der Waals surface area contributed by atoms with Crippen molar-refractivity contribution >= 4 is 21.7 Å². The van der Waals surface area contributed by atoms with E-state index in [9.17, 15) is 0 Å². The molecular weight excluding hydrogens is 386 g/mol. The average molecular weight is 402 g/mol. The lowest BCUT2D eigenvalue weighted by atomic mass is 10.1. The summed E-state index contributed by atoms with van der Waals surface area (Å²) in [5.41, 5.74) is 8.74. The normalized spacial score (nSPS) is 10.5. The molecule has 1 aromatic carbocycles. The molecule has 8 heteroatoms. The highest BCUT2D eigenvalue weighted by Gasteiger charge is 2.13. The lowest BCUT2D eigenvalue weighted by Gasteiger charge is -2.12. The Balaban J connectivity index is 1.67. The first kappa shape index (κ1) is 17.1. The fourth-order valence-electron chi connectivity index (χ4n) is 2.13. The van der Waals surface area contributed by atoms with Gasteiger partial charge in [0.1, 0.15) is 25.4 Å². The second-order valence-corrected chi connectivity index (χ2v) is 6.10. The zero-order valence-corrected chi connectivity index (χ0v) is 15.1. The zero-order chi connectivity index (χ0) is 17.6. The maximum Gasteiger partial charge on any atom is 0.316 e. The molecule has 0 bridgehead atoms. The Kier molecular flexibility index (Phi) is 5.39. The Morgan fingerprint density at radius 2 is 1.64 bits per heavy atom. The number of nitrogens with zero attached hydrogens (tertiary/aromatic N) is 4. The number of ether oxygens (including phenoxy) is 2. The Labute approximate surface area is 153 Å². The fraction of sp³-hybridized carbons (Fsp3) is 0.176. The molecule has 0 atom stereocenters. The molecule has 7 nitrogen and oxygen atoms in total. The van der Waals surface area contributed by atoms with Crippen LogP contribution in [-0.2, 0) is 0 Å². The molecule has 3 aromatic rings. The van der Waals surface area contributed by atoms with Crippen molar-refractivity contribution in [1.29, 1.82) is 0 Å². The highest BCUT2D eigenvalue weighted by atomic mass is 79.9. The van der Waals surface area contributed by atoms with Crippen LogP contribution in [0.25, 0.3) is 11.1 Å². The summed E-state index contributed by atoms with van der Waals surface area (Å²) in [4.78, 5) is 16.3. The van der Waals surface area contributed by atoms with Gasteiger partial charge in [0.15, 0.2) is 0 Å². The molecule has 2 N–H and O–H groups in total. The van der Waals surface area contributed by atoms with Crippen LogP contribution in [-0.4, -0.2) is 33.1 Å². The van der Waals surface area contributed by atoms with Crippen LogP contribution in [0, 0.1) is 6.92 Å². The first-order valence-electron chi connectivity index (χ1n) is 7.54. The summed E-state index contributed by atoms with van der Waals surface area (Å²) < 4.78 is 11.9. The van der Waals surface area contributed by atoms with Crippen molar-refractivity contribution in [3.8, 4) is 23.0 Å². The van der Waals surface area contributed by atoms with Gasteiger partial charge >= 0.3 is 6.01 Å². The highest BCUT2D eigenvalue weighted by molar-refractivity contribution is 9.10. The molecule has 128 valence electrons. The van der Waals surface area contributed by atoms with E-state index >= 15 is 0 Å². The van der Waals surface area contributed by atoms with Gasteiger partial charge in [-0.1, -0.05) is 29.8 Å². The first-order valence-corrected chi connectivity index (χ1v) is 8.33. The van der Waals surface area contributed by atoms with Crippen LogP contribution in [0.5, 0.6) is 11.9 Å². The number of aryl methyl sites for hydroxylation is 1. The molecule has 3 rings (SSSR count). The standard InChI is InChI=1S/C17H16BrN5O2/c1-11-2-4-12(5-3-11)14-15(19)22-10-23-16(14)24-6-7-25-17-20-8-13(18)9-21-17/h2-5,8-10H,6-7H2,1H3,(H2,19,22,23). The molecule has 0 saturated carbocycles. The third kappa shape index (κ3) is 4.42. The minimum atomic E-state index is 0.273. The lowest BCUT2D eigenvalue weighted by molar-refractivity contribution is 0.202. The number of hydrogen-bond donors (Lipinski definition) is 1. The van der Waals surface area contributed by atoms with Gasteiger partial charge in [0.2, 0.25) is 5.88 Å². The lowest BCUT2D eigenvalue weighted by Crippen LogP contribution is -2.12. The molecule has 0 radical (unpaired) electrons. The van der Waals surface area contributed by atoms with Crippen molar-refractivity contribution in [2.75, 3.05) is 18.9 Å². The van der Waals surface area contributed by atoms with E-state index in [1.54, 1.807) is 12.4 Å². The quantitative estimate of drug-likeness (QED) is 0.633. The Morgan fingerprint density at radius 3 is 2.36 bits per heavy atom. The van der Waals surface area contributed by atoms with E-state index in [4.69, 9.17) is 15.2 Å². The van der Waals surface area contributed by atoms with Gasteiger partial charge in [0.05, 0.1) is 10.0 Å². The molecule has 0 aliphatic carbocycles. The average Bonchev–Trinajstić information content (AvgIpc) is 2.61. The van der Waals surface area contributed by atoms with Crippen molar-refractivity contribution in [1.82, 2.24) is 19.9 Å². The molecule has 2 aromatic heterocycles. The molecule has 0 saturated heterocycles. The summed E-state index contributed by atoms with van der Waals surface area (Å²) in [6, 6.07) is 8.21. The van der Waals surface area contributed by atoms with Crippen molar-refractivity contribution in [3.05, 3.63) is 53.0 Å². The summed E-state index contributed by atoms with van der Waals surface area (Å²) >= 11 is 3.27. The zero-order valence-electron chi connectivity index (χ0n) is 13.5. The van der Waals surface area contributed by atoms with E-state index in [2.05, 4.69) is 35.9 Å². The Morgan fingerprint density at radius 1 is 0.960 bits per heavy atom. The SMILES string of the molecule is Cc1ccc(-c2c(N)ncnc2OCCOc2ncc(Br)cn2)cc1. The van der Waals surface area contributed by atoms with Crippen LogP contribution < -0.4 is 15.2 Å². The van der Waals surface area contributed by atoms with E-state index < -0.39 is 0 Å². The number of aromatic nitrogens is 4. The van der Waals surface area contributed by atoms with Crippen LogP contribution in [0.1, 0.15) is 5.56 Å². The van der Waals surface area contributed by atoms with E-state index in [1.807, 2.05) is 31.2 Å². The second kappa shape index (κ2) is 7.89. The topological polar surface area (TPSA) is 96.0 Å². The summed E-state index contributed by atoms with van der Waals surface area (Å²) in [6.07, 6.45) is 4.61. The van der Waals surface area contributed by atoms with Gasteiger partial charge in [-0.05, 0) is 28.4 Å². The Hall–Kier alpha value is -2.74. The van der Waals surface area contributed by atoms with E-state index in [0.717, 1.165) is 15.6 Å². The van der Waals surface area contributed by atoms with Gasteiger partial charge in [-0.2, -0.15) is 0 Å². The largest absolute Gasteiger partial charge is 0.473 e. The predicted molar refractivity (Wildman–Crippen MR) is 97.3 cm³/mol. The number of benzene rings is 1. The molecule has 0 spiro atoms. The number of halogens is 1. The Bertz CT molecular complexity index is 841. The predicted octanol–water partition coefficient (Wildman–Crippen LogP) is 3.04. The molecule has 0 amide bonds. The molecule has 0 aliphatic rings. The van der Waals surface area contributed by atoms with Gasteiger partial charge < -0.3 is 15.2 Å². The van der Waals surface area contributed by atoms with Gasteiger partial charge in [-0.3, -0.25) is 0 Å². The number of rotatable bonds is 6. The number of nitrogen functional groups attached to an aromatic ring is 1. The van der Waals surface area contributed by atoms with Crippen LogP contribution in [0.15, 0.2) is 47.5 Å². The number of hydrogen-bond acceptors (Lipinski definition) is 7. The van der Waals surface area contributed by atoms with Crippen LogP contribution in [0.2, 0.25) is 0 Å². The number of nitrogens with two attached hydrogens (primary N) is 1. The minimum absolute atomic E-state index is 0.273. The third-order valence-corrected chi connectivity index (χ3v) is 3.74. The third-order valence-electron chi connectivity index (χ3n) is 3.33. The summed E-state index contributed by atoms with van der Waals surface area (Å²) in [5, 5.41) is 0. The second-order valence-electron chi connectivity index (χ2n) is 5.19. The maximum absolute atomic E-state index is 6.01. The minimum Gasteiger partial charge on any atom is -0.473 e. The molecule has 0 unspecified atom stereocenters. The van der Waals surface area contributed by atoms with Crippen molar-refractivity contribution in [2.24, 2.45) is 0 Å². The van der Waals surface area contributed by atoms with Crippen LogP contribution in [0.4, 0.5) is 5.82 Å². The molecule has 0 fully saturated rings. The smallest absolute Gasteiger partial charge is 0.316 e. The van der Waals surface area contributed by atoms with Crippen molar-refractivity contribution in [3.63, 3.8) is 0 Å². The van der Waals surface area contributed by atoms with Crippen molar-refractivity contribution < 1.29 is 9.47 Å². The monoisotopic (exact) mass is 401 g/mol. The molecule has 25 heavy (non-hydrogen) atoms. The first-order chi connectivity index (χ1) is 12.1.